The van der Waals surface area contributed by atoms with Crippen LogP contribution >= 0.6 is 0 Å². The Bertz CT molecular complexity index is 2320. The van der Waals surface area contributed by atoms with Crippen molar-refractivity contribution < 1.29 is 38.1 Å². The fourth-order valence-corrected chi connectivity index (χ4v) is 6.53. The number of rotatable bonds is 12. The highest BCUT2D eigenvalue weighted by Gasteiger charge is 2.27. The minimum atomic E-state index is -0.432. The third-order valence-corrected chi connectivity index (χ3v) is 8.93. The normalized spacial score (nSPS) is 10.9. The molecule has 0 aliphatic carbocycles. The lowest BCUT2D eigenvalue weighted by Gasteiger charge is -2.23. The Morgan fingerprint density at radius 3 is 1.04 bits per heavy atom. The fraction of sp³-hybridized carbons (Fsp3) is 0.205. The van der Waals surface area contributed by atoms with Crippen LogP contribution in [0.5, 0.6) is 0 Å². The van der Waals surface area contributed by atoms with Crippen LogP contribution in [0.25, 0.3) is 55.4 Å². The Morgan fingerprint density at radius 2 is 0.722 bits per heavy atom. The van der Waals surface area contributed by atoms with Gasteiger partial charge in [0.15, 0.2) is 0 Å². The molecule has 1 heterocycles. The van der Waals surface area contributed by atoms with Crippen LogP contribution in [0.1, 0.15) is 69.1 Å². The Balaban J connectivity index is 1.72. The van der Waals surface area contributed by atoms with Crippen LogP contribution in [-0.2, 0) is 26.0 Å². The van der Waals surface area contributed by atoms with Crippen LogP contribution in [-0.4, -0.2) is 60.1 Å². The molecular formula is C44H40N2O8. The topological polar surface area (TPSA) is 123 Å². The summed E-state index contributed by atoms with van der Waals surface area (Å²) in [5, 5.41) is 5.56. The van der Waals surface area contributed by atoms with E-state index in [9.17, 15) is 19.2 Å². The van der Waals surface area contributed by atoms with E-state index < -0.39 is 23.9 Å². The Morgan fingerprint density at radius 1 is 0.444 bits per heavy atom. The van der Waals surface area contributed by atoms with Gasteiger partial charge >= 0.3 is 23.9 Å². The van der Waals surface area contributed by atoms with Crippen LogP contribution < -0.4 is 0 Å². The standard InChI is InChI=1S/C44H40N2O8/c1-6-51-41(47)31-18-10-27(11-19-31)36-35-26-45-46(5)40(35)39(30-16-24-34(25-17-30)44(50)54-9-4)38(29-14-22-33(23-15-29)43(49)53-8-3)37(36)28-12-20-32(21-13-28)42(48)52-7-2/h10-26H,6-9H2,1-5H3. The molecule has 0 radical (unpaired) electrons. The first kappa shape index (κ1) is 37.2. The fourth-order valence-electron chi connectivity index (χ4n) is 6.53. The van der Waals surface area contributed by atoms with Crippen LogP contribution in [0.4, 0.5) is 0 Å². The van der Waals surface area contributed by atoms with Crippen molar-refractivity contribution in [2.75, 3.05) is 26.4 Å². The third-order valence-electron chi connectivity index (χ3n) is 8.93. The van der Waals surface area contributed by atoms with E-state index in [1.807, 2.05) is 66.5 Å². The van der Waals surface area contributed by atoms with Crippen molar-refractivity contribution in [3.63, 3.8) is 0 Å². The molecular weight excluding hydrogens is 684 g/mol. The molecule has 6 rings (SSSR count). The van der Waals surface area contributed by atoms with Gasteiger partial charge in [-0.05, 0) is 104 Å². The maximum Gasteiger partial charge on any atom is 0.338 e. The van der Waals surface area contributed by atoms with Crippen molar-refractivity contribution in [2.45, 2.75) is 27.7 Å². The Hall–Kier alpha value is -6.55. The van der Waals surface area contributed by atoms with Crippen molar-refractivity contribution in [3.05, 3.63) is 126 Å². The number of carbonyl (C=O) groups excluding carboxylic acids is 4. The van der Waals surface area contributed by atoms with E-state index >= 15 is 0 Å². The summed E-state index contributed by atoms with van der Waals surface area (Å²) < 4.78 is 22.9. The second kappa shape index (κ2) is 16.4. The molecule has 0 aliphatic rings. The van der Waals surface area contributed by atoms with Gasteiger partial charge in [0.1, 0.15) is 0 Å². The number of hydrogen-bond donors (Lipinski definition) is 0. The van der Waals surface area contributed by atoms with Gasteiger partial charge in [-0.25, -0.2) is 19.2 Å². The first-order valence-electron chi connectivity index (χ1n) is 17.8. The molecule has 0 atom stereocenters. The van der Waals surface area contributed by atoms with Gasteiger partial charge in [-0.2, -0.15) is 5.10 Å². The highest BCUT2D eigenvalue weighted by Crippen LogP contribution is 2.51. The van der Waals surface area contributed by atoms with E-state index in [1.54, 1.807) is 76.2 Å². The predicted molar refractivity (Wildman–Crippen MR) is 206 cm³/mol. The number of aromatic nitrogens is 2. The van der Waals surface area contributed by atoms with Crippen molar-refractivity contribution in [1.82, 2.24) is 9.78 Å². The molecule has 0 bridgehead atoms. The summed E-state index contributed by atoms with van der Waals surface area (Å²) in [6.07, 6.45) is 1.81. The molecule has 0 spiro atoms. The van der Waals surface area contributed by atoms with Gasteiger partial charge in [-0.1, -0.05) is 48.5 Å². The lowest BCUT2D eigenvalue weighted by Crippen LogP contribution is -2.06. The van der Waals surface area contributed by atoms with Crippen LogP contribution in [0.3, 0.4) is 0 Å². The molecule has 0 N–H and O–H groups in total. The van der Waals surface area contributed by atoms with Gasteiger partial charge < -0.3 is 18.9 Å². The molecule has 0 unspecified atom stereocenters. The Kier molecular flexibility index (Phi) is 11.3. The number of hydrogen-bond acceptors (Lipinski definition) is 9. The molecule has 10 nitrogen and oxygen atoms in total. The van der Waals surface area contributed by atoms with Crippen molar-refractivity contribution in [1.29, 1.82) is 0 Å². The van der Waals surface area contributed by atoms with Crippen LogP contribution in [0.15, 0.2) is 103 Å². The average molecular weight is 725 g/mol. The van der Waals surface area contributed by atoms with E-state index in [0.29, 0.717) is 22.3 Å². The maximum absolute atomic E-state index is 12.7. The second-order valence-corrected chi connectivity index (χ2v) is 12.2. The predicted octanol–water partition coefficient (Wildman–Crippen LogP) is 8.95. The molecule has 0 fully saturated rings. The van der Waals surface area contributed by atoms with Crippen molar-refractivity contribution >= 4 is 34.8 Å². The molecule has 10 heteroatoms. The average Bonchev–Trinajstić information content (AvgIpc) is 3.58. The van der Waals surface area contributed by atoms with E-state index in [2.05, 4.69) is 0 Å². The molecule has 1 aromatic heterocycles. The number of benzene rings is 5. The molecule has 54 heavy (non-hydrogen) atoms. The lowest BCUT2D eigenvalue weighted by molar-refractivity contribution is 0.0517. The molecule has 5 aromatic carbocycles. The number of nitrogens with zero attached hydrogens (tertiary/aromatic N) is 2. The molecule has 0 aliphatic heterocycles. The zero-order valence-electron chi connectivity index (χ0n) is 30.8. The summed E-state index contributed by atoms with van der Waals surface area (Å²) >= 11 is 0. The first-order valence-corrected chi connectivity index (χ1v) is 17.8. The van der Waals surface area contributed by atoms with Crippen LogP contribution in [0.2, 0.25) is 0 Å². The third kappa shape index (κ3) is 7.36. The van der Waals surface area contributed by atoms with E-state index in [4.69, 9.17) is 24.0 Å². The van der Waals surface area contributed by atoms with Gasteiger partial charge in [0.25, 0.3) is 0 Å². The highest BCUT2D eigenvalue weighted by atomic mass is 16.5. The summed E-state index contributed by atoms with van der Waals surface area (Å²) in [5.41, 5.74) is 8.87. The summed E-state index contributed by atoms with van der Waals surface area (Å²) in [6.45, 7) is 8.04. The molecule has 0 saturated heterocycles. The van der Waals surface area contributed by atoms with Gasteiger partial charge in [0, 0.05) is 29.1 Å². The van der Waals surface area contributed by atoms with E-state index in [1.165, 1.54) is 0 Å². The maximum atomic E-state index is 12.7. The monoisotopic (exact) mass is 724 g/mol. The molecule has 6 aromatic rings. The number of fused-ring (bicyclic) bond motifs is 1. The van der Waals surface area contributed by atoms with Crippen molar-refractivity contribution in [3.8, 4) is 44.5 Å². The largest absolute Gasteiger partial charge is 0.462 e. The number of carbonyl (C=O) groups is 4. The van der Waals surface area contributed by atoms with Gasteiger partial charge in [0.2, 0.25) is 0 Å². The summed E-state index contributed by atoms with van der Waals surface area (Å²) in [7, 11) is 1.87. The van der Waals surface area contributed by atoms with E-state index in [-0.39, 0.29) is 26.4 Å². The Labute approximate surface area is 313 Å². The second-order valence-electron chi connectivity index (χ2n) is 12.2. The molecule has 274 valence electrons. The highest BCUT2D eigenvalue weighted by molar-refractivity contribution is 6.17. The number of aryl methyl sites for hydroxylation is 1. The molecule has 0 amide bonds. The summed E-state index contributed by atoms with van der Waals surface area (Å²) in [6, 6.07) is 28.9. The van der Waals surface area contributed by atoms with Gasteiger partial charge in [0.05, 0.1) is 60.4 Å². The number of ether oxygens (including phenoxy) is 4. The van der Waals surface area contributed by atoms with Gasteiger partial charge in [-0.3, -0.25) is 4.68 Å². The summed E-state index contributed by atoms with van der Waals surface area (Å²) in [5.74, 6) is -1.71. The first-order chi connectivity index (χ1) is 26.2. The van der Waals surface area contributed by atoms with Crippen LogP contribution in [0, 0.1) is 0 Å². The number of esters is 4. The quantitative estimate of drug-likeness (QED) is 0.0899. The lowest BCUT2D eigenvalue weighted by atomic mass is 9.80. The summed E-state index contributed by atoms with van der Waals surface area (Å²) in [4.78, 5) is 50.8. The van der Waals surface area contributed by atoms with Gasteiger partial charge in [-0.15, -0.1) is 0 Å². The van der Waals surface area contributed by atoms with Crippen molar-refractivity contribution in [2.24, 2.45) is 7.05 Å². The molecule has 0 saturated carbocycles. The minimum absolute atomic E-state index is 0.244. The SMILES string of the molecule is CCOC(=O)c1ccc(-c2c(-c3ccc(C(=O)OCC)cc3)c(-c3ccc(C(=O)OCC)cc3)c3c(cnn3C)c2-c2ccc(C(=O)OCC)cc2)cc1. The zero-order valence-corrected chi connectivity index (χ0v) is 30.8. The zero-order chi connectivity index (χ0) is 38.4. The van der Waals surface area contributed by atoms with E-state index in [0.717, 1.165) is 55.4 Å². The smallest absolute Gasteiger partial charge is 0.338 e. The minimum Gasteiger partial charge on any atom is -0.462 e.